The van der Waals surface area contributed by atoms with Crippen molar-refractivity contribution in [1.29, 1.82) is 0 Å². The Hall–Kier alpha value is -0.600. The van der Waals surface area contributed by atoms with Gasteiger partial charge in [-0.2, -0.15) is 0 Å². The molecule has 3 rings (SSSR count). The van der Waals surface area contributed by atoms with E-state index in [4.69, 9.17) is 0 Å². The monoisotopic (exact) mass is 396 g/mol. The second kappa shape index (κ2) is 8.48. The van der Waals surface area contributed by atoms with Crippen LogP contribution in [0.4, 0.5) is 5.13 Å². The number of carbonyl (C=O) groups excluding carboxylic acids is 1. The minimum atomic E-state index is 0. The lowest BCUT2D eigenvalue weighted by Crippen LogP contribution is -2.46. The molecule has 1 saturated heterocycles. The van der Waals surface area contributed by atoms with E-state index >= 15 is 0 Å². The van der Waals surface area contributed by atoms with Gasteiger partial charge in [-0.25, -0.2) is 4.98 Å². The Morgan fingerprint density at radius 1 is 1.39 bits per heavy atom. The van der Waals surface area contributed by atoms with Crippen molar-refractivity contribution in [2.75, 3.05) is 25.5 Å². The van der Waals surface area contributed by atoms with Gasteiger partial charge in [-0.15, -0.1) is 36.2 Å². The normalized spacial score (nSPS) is 20.5. The molecule has 2 aromatic rings. The summed E-state index contributed by atoms with van der Waals surface area (Å²) in [4.78, 5) is 20.6. The van der Waals surface area contributed by atoms with Crippen LogP contribution in [0.15, 0.2) is 6.07 Å². The molecule has 5 nitrogen and oxygen atoms in total. The molecule has 2 atom stereocenters. The molecule has 9 heteroatoms. The lowest BCUT2D eigenvalue weighted by atomic mass is 10.0. The van der Waals surface area contributed by atoms with Crippen molar-refractivity contribution < 1.29 is 4.79 Å². The summed E-state index contributed by atoms with van der Waals surface area (Å²) in [6, 6.07) is 2.71. The highest BCUT2D eigenvalue weighted by Crippen LogP contribution is 2.33. The quantitative estimate of drug-likeness (QED) is 0.836. The van der Waals surface area contributed by atoms with Gasteiger partial charge in [-0.1, -0.05) is 11.3 Å². The van der Waals surface area contributed by atoms with Crippen LogP contribution >= 0.6 is 47.5 Å². The smallest absolute Gasteiger partial charge is 0.261 e. The van der Waals surface area contributed by atoms with Crippen LogP contribution in [0.25, 0.3) is 9.53 Å². The lowest BCUT2D eigenvalue weighted by Gasteiger charge is -2.28. The average molecular weight is 397 g/mol. The van der Waals surface area contributed by atoms with Crippen LogP contribution in [0.5, 0.6) is 0 Å². The van der Waals surface area contributed by atoms with E-state index in [9.17, 15) is 4.79 Å². The summed E-state index contributed by atoms with van der Waals surface area (Å²) >= 11 is 3.10. The first kappa shape index (κ1) is 20.4. The van der Waals surface area contributed by atoms with E-state index in [0.29, 0.717) is 6.04 Å². The van der Waals surface area contributed by atoms with Gasteiger partial charge in [0, 0.05) is 26.2 Å². The van der Waals surface area contributed by atoms with Crippen molar-refractivity contribution in [2.24, 2.45) is 0 Å². The zero-order chi connectivity index (χ0) is 15.0. The van der Waals surface area contributed by atoms with E-state index in [0.717, 1.165) is 38.9 Å². The van der Waals surface area contributed by atoms with Crippen LogP contribution in [0.2, 0.25) is 0 Å². The van der Waals surface area contributed by atoms with Crippen LogP contribution in [0.3, 0.4) is 0 Å². The fraction of sp³-hybridized carbons (Fsp3) is 0.571. The molecule has 0 spiro atoms. The first-order valence-electron chi connectivity index (χ1n) is 7.15. The van der Waals surface area contributed by atoms with E-state index in [1.807, 2.05) is 25.1 Å². The van der Waals surface area contributed by atoms with Crippen LogP contribution in [-0.4, -0.2) is 43.6 Å². The number of anilines is 1. The zero-order valence-corrected chi connectivity index (χ0v) is 16.6. The van der Waals surface area contributed by atoms with Gasteiger partial charge in [0.25, 0.3) is 5.91 Å². The predicted molar refractivity (Wildman–Crippen MR) is 104 cm³/mol. The number of thiophene rings is 1. The molecule has 0 radical (unpaired) electrons. The van der Waals surface area contributed by atoms with Gasteiger partial charge >= 0.3 is 0 Å². The van der Waals surface area contributed by atoms with Crippen LogP contribution in [0.1, 0.15) is 29.4 Å². The minimum Gasteiger partial charge on any atom is -0.354 e. The topological polar surface area (TPSA) is 57.3 Å². The number of fused-ring (bicyclic) bond motifs is 1. The van der Waals surface area contributed by atoms with Gasteiger partial charge in [0.05, 0.1) is 9.58 Å². The Bertz CT molecular complexity index is 627. The first-order chi connectivity index (χ1) is 10.0. The van der Waals surface area contributed by atoms with Gasteiger partial charge in [0.2, 0.25) is 0 Å². The van der Waals surface area contributed by atoms with Crippen molar-refractivity contribution >= 4 is 68.1 Å². The third kappa shape index (κ3) is 4.70. The summed E-state index contributed by atoms with van der Waals surface area (Å²) < 4.78 is 1.09. The van der Waals surface area contributed by atoms with Crippen molar-refractivity contribution in [3.63, 3.8) is 0 Å². The Kier molecular flexibility index (Phi) is 7.54. The number of nitrogens with one attached hydrogen (secondary N) is 2. The summed E-state index contributed by atoms with van der Waals surface area (Å²) in [6.07, 6.45) is 1.99. The van der Waals surface area contributed by atoms with Gasteiger partial charge in [-0.3, -0.25) is 4.79 Å². The van der Waals surface area contributed by atoms with Gasteiger partial charge in [-0.05, 0) is 32.4 Å². The van der Waals surface area contributed by atoms with E-state index in [1.54, 1.807) is 11.3 Å². The fourth-order valence-electron chi connectivity index (χ4n) is 2.55. The molecular formula is C14H22Cl2N4OS2. The summed E-state index contributed by atoms with van der Waals surface area (Å²) in [5.41, 5.74) is 0. The zero-order valence-electron chi connectivity index (χ0n) is 13.3. The number of hydrogen-bond acceptors (Lipinski definition) is 6. The average Bonchev–Trinajstić information content (AvgIpc) is 2.96. The van der Waals surface area contributed by atoms with Crippen LogP contribution in [0, 0.1) is 0 Å². The van der Waals surface area contributed by atoms with Crippen LogP contribution < -0.4 is 15.5 Å². The van der Waals surface area contributed by atoms with E-state index < -0.39 is 0 Å². The molecule has 1 aliphatic heterocycles. The van der Waals surface area contributed by atoms with E-state index in [1.165, 1.54) is 11.3 Å². The predicted octanol–water partition coefficient (Wildman–Crippen LogP) is 3.14. The molecule has 0 aromatic carbocycles. The van der Waals surface area contributed by atoms with Crippen molar-refractivity contribution in [3.05, 3.63) is 10.9 Å². The van der Waals surface area contributed by atoms with Crippen molar-refractivity contribution in [1.82, 2.24) is 15.6 Å². The van der Waals surface area contributed by atoms with Crippen molar-refractivity contribution in [3.8, 4) is 0 Å². The van der Waals surface area contributed by atoms with Crippen LogP contribution in [-0.2, 0) is 0 Å². The molecule has 2 aromatic heterocycles. The summed E-state index contributed by atoms with van der Waals surface area (Å²) in [7, 11) is 3.96. The molecule has 3 heterocycles. The highest BCUT2D eigenvalue weighted by Gasteiger charge is 2.22. The first-order valence-corrected chi connectivity index (χ1v) is 8.78. The minimum absolute atomic E-state index is 0. The molecule has 23 heavy (non-hydrogen) atoms. The summed E-state index contributed by atoms with van der Waals surface area (Å²) in [6.45, 7) is 3.13. The lowest BCUT2D eigenvalue weighted by molar-refractivity contribution is 0.0930. The standard InChI is InChI=1S/C14H20N4OS2.2ClH/c1-8-6-9(4-5-15-8)16-12(19)10-7-11-13(20-10)17-14(21-11)18(2)3;;/h7-9,15H,4-6H2,1-3H3,(H,16,19);2*1H. The Labute approximate surface area is 156 Å². The maximum atomic E-state index is 12.4. The van der Waals surface area contributed by atoms with Crippen molar-refractivity contribution in [2.45, 2.75) is 31.8 Å². The number of amides is 1. The molecule has 2 unspecified atom stereocenters. The number of aromatic nitrogens is 1. The molecule has 1 fully saturated rings. The third-order valence-corrected chi connectivity index (χ3v) is 5.97. The number of rotatable bonds is 3. The second-order valence-corrected chi connectivity index (χ2v) is 7.76. The largest absolute Gasteiger partial charge is 0.354 e. The highest BCUT2D eigenvalue weighted by molar-refractivity contribution is 7.29. The molecule has 0 saturated carbocycles. The number of thiazole rings is 1. The SMILES string of the molecule is CC1CC(NC(=O)c2cc3sc(N(C)C)nc3s2)CCN1.Cl.Cl. The number of piperidine rings is 1. The second-order valence-electron chi connectivity index (χ2n) is 5.72. The van der Waals surface area contributed by atoms with Gasteiger partial charge < -0.3 is 15.5 Å². The maximum Gasteiger partial charge on any atom is 0.261 e. The Morgan fingerprint density at radius 3 is 2.74 bits per heavy atom. The third-order valence-electron chi connectivity index (χ3n) is 3.64. The molecule has 130 valence electrons. The molecule has 1 amide bonds. The number of halogens is 2. The highest BCUT2D eigenvalue weighted by atomic mass is 35.5. The fourth-order valence-corrected chi connectivity index (χ4v) is 4.58. The maximum absolute atomic E-state index is 12.4. The molecular weight excluding hydrogens is 375 g/mol. The molecule has 2 N–H and O–H groups in total. The summed E-state index contributed by atoms with van der Waals surface area (Å²) in [5, 5.41) is 7.53. The van der Waals surface area contributed by atoms with E-state index in [2.05, 4.69) is 22.5 Å². The number of nitrogens with zero attached hydrogens (tertiary/aromatic N) is 2. The summed E-state index contributed by atoms with van der Waals surface area (Å²) in [5.74, 6) is 0.0377. The molecule has 1 aliphatic rings. The van der Waals surface area contributed by atoms with Gasteiger partial charge in [0.1, 0.15) is 4.83 Å². The molecule has 0 aliphatic carbocycles. The Balaban J connectivity index is 0.00000132. The Morgan fingerprint density at radius 2 is 2.13 bits per heavy atom. The molecule has 0 bridgehead atoms. The van der Waals surface area contributed by atoms with E-state index in [-0.39, 0.29) is 36.8 Å². The number of carbonyl (C=O) groups is 1. The van der Waals surface area contributed by atoms with Gasteiger partial charge in [0.15, 0.2) is 5.13 Å². The number of hydrogen-bond donors (Lipinski definition) is 2.